The first kappa shape index (κ1) is 14.4. The van der Waals surface area contributed by atoms with Crippen molar-refractivity contribution in [3.63, 3.8) is 0 Å². The SMILES string of the molecule is Cc1cnc(C(=O)N2CCC(C3CCCCN3)CC2)cn1. The first-order valence-electron chi connectivity index (χ1n) is 8.05. The number of aromatic nitrogens is 2. The van der Waals surface area contributed by atoms with Crippen LogP contribution in [0.5, 0.6) is 0 Å². The van der Waals surface area contributed by atoms with Gasteiger partial charge in [-0.25, -0.2) is 4.98 Å². The zero-order valence-electron chi connectivity index (χ0n) is 12.7. The van der Waals surface area contributed by atoms with E-state index in [1.54, 1.807) is 12.4 Å². The maximum Gasteiger partial charge on any atom is 0.274 e. The van der Waals surface area contributed by atoms with Crippen molar-refractivity contribution in [2.75, 3.05) is 19.6 Å². The summed E-state index contributed by atoms with van der Waals surface area (Å²) in [6.07, 6.45) is 9.39. The lowest BCUT2D eigenvalue weighted by atomic mass is 9.85. The fourth-order valence-corrected chi connectivity index (χ4v) is 3.45. The smallest absolute Gasteiger partial charge is 0.274 e. The molecule has 5 nitrogen and oxygen atoms in total. The van der Waals surface area contributed by atoms with Gasteiger partial charge in [0.1, 0.15) is 5.69 Å². The van der Waals surface area contributed by atoms with Crippen molar-refractivity contribution >= 4 is 5.91 Å². The van der Waals surface area contributed by atoms with E-state index in [1.165, 1.54) is 19.3 Å². The van der Waals surface area contributed by atoms with Gasteiger partial charge in [-0.05, 0) is 45.1 Å². The van der Waals surface area contributed by atoms with Crippen LogP contribution < -0.4 is 5.32 Å². The van der Waals surface area contributed by atoms with Gasteiger partial charge in [-0.3, -0.25) is 9.78 Å². The van der Waals surface area contributed by atoms with Crippen molar-refractivity contribution in [1.29, 1.82) is 0 Å². The van der Waals surface area contributed by atoms with Crippen molar-refractivity contribution in [1.82, 2.24) is 20.2 Å². The number of carbonyl (C=O) groups is 1. The van der Waals surface area contributed by atoms with Crippen LogP contribution >= 0.6 is 0 Å². The monoisotopic (exact) mass is 288 g/mol. The highest BCUT2D eigenvalue weighted by Crippen LogP contribution is 2.26. The van der Waals surface area contributed by atoms with Crippen LogP contribution in [-0.4, -0.2) is 46.5 Å². The van der Waals surface area contributed by atoms with Gasteiger partial charge >= 0.3 is 0 Å². The highest BCUT2D eigenvalue weighted by Gasteiger charge is 2.29. The van der Waals surface area contributed by atoms with Crippen molar-refractivity contribution in [3.05, 3.63) is 23.8 Å². The molecule has 0 saturated carbocycles. The van der Waals surface area contributed by atoms with Crippen LogP contribution in [-0.2, 0) is 0 Å². The minimum absolute atomic E-state index is 0.0255. The van der Waals surface area contributed by atoms with Crippen molar-refractivity contribution in [3.8, 4) is 0 Å². The summed E-state index contributed by atoms with van der Waals surface area (Å²) in [4.78, 5) is 22.7. The number of amides is 1. The van der Waals surface area contributed by atoms with E-state index < -0.39 is 0 Å². The summed E-state index contributed by atoms with van der Waals surface area (Å²) in [6, 6.07) is 0.662. The molecule has 1 N–H and O–H groups in total. The Bertz CT molecular complexity index is 474. The highest BCUT2D eigenvalue weighted by atomic mass is 16.2. The number of nitrogens with zero attached hydrogens (tertiary/aromatic N) is 3. The number of piperidine rings is 2. The molecule has 2 saturated heterocycles. The lowest BCUT2D eigenvalue weighted by molar-refractivity contribution is 0.0656. The maximum absolute atomic E-state index is 12.4. The van der Waals surface area contributed by atoms with Crippen LogP contribution in [0.4, 0.5) is 0 Å². The van der Waals surface area contributed by atoms with Crippen LogP contribution in [0.15, 0.2) is 12.4 Å². The molecule has 1 unspecified atom stereocenters. The van der Waals surface area contributed by atoms with Gasteiger partial charge in [-0.2, -0.15) is 0 Å². The second-order valence-electron chi connectivity index (χ2n) is 6.23. The third-order valence-corrected chi connectivity index (χ3v) is 4.74. The molecule has 0 spiro atoms. The normalized spacial score (nSPS) is 24.0. The summed E-state index contributed by atoms with van der Waals surface area (Å²) in [5.74, 6) is 0.746. The fourth-order valence-electron chi connectivity index (χ4n) is 3.45. The molecule has 0 radical (unpaired) electrons. The van der Waals surface area contributed by atoms with Crippen molar-refractivity contribution < 1.29 is 4.79 Å². The van der Waals surface area contributed by atoms with Crippen LogP contribution in [0, 0.1) is 12.8 Å². The zero-order chi connectivity index (χ0) is 14.7. The first-order valence-corrected chi connectivity index (χ1v) is 8.05. The van der Waals surface area contributed by atoms with E-state index in [-0.39, 0.29) is 5.91 Å². The van der Waals surface area contributed by atoms with Crippen LogP contribution in [0.25, 0.3) is 0 Å². The van der Waals surface area contributed by atoms with Gasteiger partial charge in [-0.15, -0.1) is 0 Å². The van der Waals surface area contributed by atoms with E-state index in [0.717, 1.165) is 44.1 Å². The summed E-state index contributed by atoms with van der Waals surface area (Å²) in [5, 5.41) is 3.64. The summed E-state index contributed by atoms with van der Waals surface area (Å²) >= 11 is 0. The molecule has 1 atom stereocenters. The minimum atomic E-state index is 0.0255. The molecular formula is C16H24N4O. The maximum atomic E-state index is 12.4. The van der Waals surface area contributed by atoms with Gasteiger partial charge in [0, 0.05) is 25.3 Å². The number of carbonyl (C=O) groups excluding carboxylic acids is 1. The topological polar surface area (TPSA) is 58.1 Å². The van der Waals surface area contributed by atoms with Gasteiger partial charge in [0.15, 0.2) is 0 Å². The molecular weight excluding hydrogens is 264 g/mol. The van der Waals surface area contributed by atoms with Crippen molar-refractivity contribution in [2.45, 2.75) is 45.1 Å². The fraction of sp³-hybridized carbons (Fsp3) is 0.688. The van der Waals surface area contributed by atoms with Crippen molar-refractivity contribution in [2.24, 2.45) is 5.92 Å². The average molecular weight is 288 g/mol. The number of hydrogen-bond acceptors (Lipinski definition) is 4. The molecule has 114 valence electrons. The second-order valence-corrected chi connectivity index (χ2v) is 6.23. The molecule has 1 amide bonds. The summed E-state index contributed by atoms with van der Waals surface area (Å²) in [5.41, 5.74) is 1.31. The number of aryl methyl sites for hydroxylation is 1. The Kier molecular flexibility index (Phi) is 4.48. The minimum Gasteiger partial charge on any atom is -0.337 e. The van der Waals surface area contributed by atoms with Gasteiger partial charge in [0.05, 0.1) is 11.9 Å². The summed E-state index contributed by atoms with van der Waals surface area (Å²) in [7, 11) is 0. The van der Waals surface area contributed by atoms with E-state index in [9.17, 15) is 4.79 Å². The predicted octanol–water partition coefficient (Wildman–Crippen LogP) is 1.78. The molecule has 5 heteroatoms. The lowest BCUT2D eigenvalue weighted by Gasteiger charge is -2.38. The Morgan fingerprint density at radius 2 is 2.00 bits per heavy atom. The van der Waals surface area contributed by atoms with E-state index in [1.807, 2.05) is 11.8 Å². The number of hydrogen-bond donors (Lipinski definition) is 1. The van der Waals surface area contributed by atoms with E-state index in [0.29, 0.717) is 11.7 Å². The number of nitrogens with one attached hydrogen (secondary N) is 1. The summed E-state index contributed by atoms with van der Waals surface area (Å²) < 4.78 is 0. The first-order chi connectivity index (χ1) is 10.2. The van der Waals surface area contributed by atoms with Crippen LogP contribution in [0.2, 0.25) is 0 Å². The van der Waals surface area contributed by atoms with E-state index in [4.69, 9.17) is 0 Å². The van der Waals surface area contributed by atoms with Gasteiger partial charge in [0.2, 0.25) is 0 Å². The third-order valence-electron chi connectivity index (χ3n) is 4.74. The van der Waals surface area contributed by atoms with Gasteiger partial charge in [-0.1, -0.05) is 6.42 Å². The van der Waals surface area contributed by atoms with Crippen LogP contribution in [0.1, 0.15) is 48.3 Å². The quantitative estimate of drug-likeness (QED) is 0.901. The third kappa shape index (κ3) is 3.40. The number of rotatable bonds is 2. The molecule has 2 aliphatic heterocycles. The molecule has 1 aromatic heterocycles. The summed E-state index contributed by atoms with van der Waals surface area (Å²) in [6.45, 7) is 4.72. The van der Waals surface area contributed by atoms with Crippen LogP contribution in [0.3, 0.4) is 0 Å². The largest absolute Gasteiger partial charge is 0.337 e. The zero-order valence-corrected chi connectivity index (χ0v) is 12.7. The van der Waals surface area contributed by atoms with Gasteiger partial charge in [0.25, 0.3) is 5.91 Å². The molecule has 3 heterocycles. The average Bonchev–Trinajstić information content (AvgIpc) is 2.56. The molecule has 3 rings (SSSR count). The Hall–Kier alpha value is -1.49. The molecule has 1 aromatic rings. The number of likely N-dealkylation sites (tertiary alicyclic amines) is 1. The van der Waals surface area contributed by atoms with E-state index >= 15 is 0 Å². The van der Waals surface area contributed by atoms with Gasteiger partial charge < -0.3 is 10.2 Å². The molecule has 2 fully saturated rings. The molecule has 2 aliphatic rings. The molecule has 0 aliphatic carbocycles. The molecule has 0 aromatic carbocycles. The Balaban J connectivity index is 1.55. The standard InChI is InChI=1S/C16H24N4O/c1-12-10-19-15(11-18-12)16(21)20-8-5-13(6-9-20)14-4-2-3-7-17-14/h10-11,13-14,17H,2-9H2,1H3. The predicted molar refractivity (Wildman–Crippen MR) is 81.0 cm³/mol. The molecule has 0 bridgehead atoms. The Labute approximate surface area is 126 Å². The second kappa shape index (κ2) is 6.52. The highest BCUT2D eigenvalue weighted by molar-refractivity contribution is 5.92. The Morgan fingerprint density at radius 1 is 1.19 bits per heavy atom. The van der Waals surface area contributed by atoms with E-state index in [2.05, 4.69) is 15.3 Å². The lowest BCUT2D eigenvalue weighted by Crippen LogP contribution is -2.46. The molecule has 21 heavy (non-hydrogen) atoms. The Morgan fingerprint density at radius 3 is 2.62 bits per heavy atom.